The highest BCUT2D eigenvalue weighted by molar-refractivity contribution is 5.98. The molecule has 1 fully saturated rings. The summed E-state index contributed by atoms with van der Waals surface area (Å²) in [6.45, 7) is 2.56. The normalized spacial score (nSPS) is 17.3. The highest BCUT2D eigenvalue weighted by atomic mass is 16.1. The fraction of sp³-hybridized carbons (Fsp3) is 0.263. The summed E-state index contributed by atoms with van der Waals surface area (Å²) in [6, 6.07) is 14.1. The highest BCUT2D eigenvalue weighted by Gasteiger charge is 2.24. The second-order valence-corrected chi connectivity index (χ2v) is 6.37. The molecule has 3 aromatic rings. The number of rotatable bonds is 5. The highest BCUT2D eigenvalue weighted by Crippen LogP contribution is 2.24. The summed E-state index contributed by atoms with van der Waals surface area (Å²) in [5.41, 5.74) is 9.17. The number of hydrogen-bond donors (Lipinski definition) is 2. The number of nitrogens with zero attached hydrogens (tertiary/aromatic N) is 3. The largest absolute Gasteiger partial charge is 0.369 e. The molecule has 0 bridgehead atoms. The fourth-order valence-corrected chi connectivity index (χ4v) is 3.50. The van der Waals surface area contributed by atoms with Crippen molar-refractivity contribution >= 4 is 17.2 Å². The molecule has 0 radical (unpaired) electrons. The van der Waals surface area contributed by atoms with Crippen molar-refractivity contribution in [1.82, 2.24) is 14.7 Å². The van der Waals surface area contributed by atoms with Gasteiger partial charge in [0.25, 0.3) is 5.91 Å². The Morgan fingerprint density at radius 3 is 3.00 bits per heavy atom. The number of imidazole rings is 1. The van der Waals surface area contributed by atoms with Crippen molar-refractivity contribution in [3.8, 4) is 0 Å². The molecule has 128 valence electrons. The molecule has 1 aromatic carbocycles. The predicted octanol–water partition coefficient (Wildman–Crippen LogP) is 1.80. The Hall–Kier alpha value is -2.86. The van der Waals surface area contributed by atoms with E-state index in [4.69, 9.17) is 5.73 Å². The van der Waals surface area contributed by atoms with Crippen LogP contribution in [0, 0.1) is 0 Å². The molecule has 6 nitrogen and oxygen atoms in total. The van der Waals surface area contributed by atoms with Crippen LogP contribution in [0.5, 0.6) is 0 Å². The first-order chi connectivity index (χ1) is 12.2. The van der Waals surface area contributed by atoms with Gasteiger partial charge in [0.2, 0.25) is 0 Å². The third-order valence-electron chi connectivity index (χ3n) is 4.78. The van der Waals surface area contributed by atoms with Crippen molar-refractivity contribution in [3.05, 3.63) is 66.1 Å². The van der Waals surface area contributed by atoms with Gasteiger partial charge in [0, 0.05) is 49.5 Å². The zero-order chi connectivity index (χ0) is 17.2. The quantitative estimate of drug-likeness (QED) is 0.745. The molecule has 0 aliphatic carbocycles. The van der Waals surface area contributed by atoms with Gasteiger partial charge in [-0.1, -0.05) is 18.2 Å². The van der Waals surface area contributed by atoms with E-state index in [-0.39, 0.29) is 5.91 Å². The monoisotopic (exact) mass is 335 g/mol. The molecule has 0 saturated carbocycles. The number of aromatic nitrogens is 2. The molecule has 1 aliphatic heterocycles. The van der Waals surface area contributed by atoms with Gasteiger partial charge in [-0.3, -0.25) is 4.79 Å². The molecule has 0 spiro atoms. The lowest BCUT2D eigenvalue weighted by Crippen LogP contribution is -2.33. The second kappa shape index (κ2) is 6.57. The number of primary amides is 1. The first kappa shape index (κ1) is 15.7. The number of hydrogen-bond acceptors (Lipinski definition) is 4. The van der Waals surface area contributed by atoms with Gasteiger partial charge in [-0.05, 0) is 30.7 Å². The standard InChI is InChI=1S/C19H21N5O/c20-19(25)16-5-1-2-6-17(16)23-10-8-14(13-23)22-12-15-4-3-7-18-21-9-11-24(15)18/h1-7,9,11,14,22H,8,10,12-13H2,(H2,20,25). The predicted molar refractivity (Wildman–Crippen MR) is 97.6 cm³/mol. The second-order valence-electron chi connectivity index (χ2n) is 6.37. The molecule has 1 atom stereocenters. The van der Waals surface area contributed by atoms with Crippen LogP contribution >= 0.6 is 0 Å². The average molecular weight is 335 g/mol. The number of carbonyl (C=O) groups is 1. The molecule has 1 amide bonds. The van der Waals surface area contributed by atoms with Crippen LogP contribution in [0.1, 0.15) is 22.5 Å². The number of carbonyl (C=O) groups excluding carboxylic acids is 1. The van der Waals surface area contributed by atoms with E-state index in [0.717, 1.165) is 37.4 Å². The first-order valence-electron chi connectivity index (χ1n) is 8.50. The molecule has 1 saturated heterocycles. The van der Waals surface area contributed by atoms with Crippen molar-refractivity contribution in [2.24, 2.45) is 5.73 Å². The lowest BCUT2D eigenvalue weighted by atomic mass is 10.1. The van der Waals surface area contributed by atoms with E-state index in [0.29, 0.717) is 11.6 Å². The summed E-state index contributed by atoms with van der Waals surface area (Å²) >= 11 is 0. The Labute approximate surface area is 146 Å². The van der Waals surface area contributed by atoms with Gasteiger partial charge in [-0.25, -0.2) is 4.98 Å². The summed E-state index contributed by atoms with van der Waals surface area (Å²) in [7, 11) is 0. The van der Waals surface area contributed by atoms with Gasteiger partial charge in [0.05, 0.1) is 5.56 Å². The molecule has 25 heavy (non-hydrogen) atoms. The van der Waals surface area contributed by atoms with Crippen LogP contribution in [0.15, 0.2) is 54.9 Å². The molecule has 2 aromatic heterocycles. The third-order valence-corrected chi connectivity index (χ3v) is 4.78. The molecule has 1 aliphatic rings. The van der Waals surface area contributed by atoms with Crippen molar-refractivity contribution in [2.75, 3.05) is 18.0 Å². The maximum absolute atomic E-state index is 11.6. The van der Waals surface area contributed by atoms with E-state index < -0.39 is 0 Å². The molecule has 3 N–H and O–H groups in total. The van der Waals surface area contributed by atoms with Crippen LogP contribution < -0.4 is 16.0 Å². The molecular formula is C19H21N5O. The zero-order valence-corrected chi connectivity index (χ0v) is 13.9. The topological polar surface area (TPSA) is 75.7 Å². The number of para-hydroxylation sites is 1. The van der Waals surface area contributed by atoms with Crippen molar-refractivity contribution in [1.29, 1.82) is 0 Å². The molecule has 4 rings (SSSR count). The maximum atomic E-state index is 11.6. The number of benzene rings is 1. The van der Waals surface area contributed by atoms with Gasteiger partial charge >= 0.3 is 0 Å². The number of nitrogens with two attached hydrogens (primary N) is 1. The maximum Gasteiger partial charge on any atom is 0.250 e. The molecule has 6 heteroatoms. The van der Waals surface area contributed by atoms with Crippen LogP contribution in [0.4, 0.5) is 5.69 Å². The third kappa shape index (κ3) is 3.08. The summed E-state index contributed by atoms with van der Waals surface area (Å²) in [5, 5.41) is 3.62. The summed E-state index contributed by atoms with van der Waals surface area (Å²) in [5.74, 6) is -0.376. The Balaban J connectivity index is 1.43. The Morgan fingerprint density at radius 1 is 1.24 bits per heavy atom. The van der Waals surface area contributed by atoms with Gasteiger partial charge in [-0.2, -0.15) is 0 Å². The Kier molecular flexibility index (Phi) is 4.11. The van der Waals surface area contributed by atoms with Crippen LogP contribution in [-0.4, -0.2) is 34.4 Å². The summed E-state index contributed by atoms with van der Waals surface area (Å²) < 4.78 is 2.10. The lowest BCUT2D eigenvalue weighted by Gasteiger charge is -2.21. The smallest absolute Gasteiger partial charge is 0.250 e. The van der Waals surface area contributed by atoms with E-state index >= 15 is 0 Å². The number of anilines is 1. The van der Waals surface area contributed by atoms with Crippen molar-refractivity contribution < 1.29 is 4.79 Å². The van der Waals surface area contributed by atoms with Crippen LogP contribution in [0.3, 0.4) is 0 Å². The van der Waals surface area contributed by atoms with E-state index in [1.165, 1.54) is 5.69 Å². The Bertz CT molecular complexity index is 903. The van der Waals surface area contributed by atoms with Gasteiger partial charge < -0.3 is 20.4 Å². The van der Waals surface area contributed by atoms with E-state index in [2.05, 4.69) is 25.7 Å². The summed E-state index contributed by atoms with van der Waals surface area (Å²) in [4.78, 5) is 18.2. The zero-order valence-electron chi connectivity index (χ0n) is 13.9. The van der Waals surface area contributed by atoms with Gasteiger partial charge in [-0.15, -0.1) is 0 Å². The molecular weight excluding hydrogens is 314 g/mol. The average Bonchev–Trinajstić information content (AvgIpc) is 3.29. The van der Waals surface area contributed by atoms with Crippen molar-refractivity contribution in [2.45, 2.75) is 19.0 Å². The van der Waals surface area contributed by atoms with Crippen LogP contribution in [-0.2, 0) is 6.54 Å². The minimum absolute atomic E-state index is 0.375. The van der Waals surface area contributed by atoms with Crippen LogP contribution in [0.2, 0.25) is 0 Å². The summed E-state index contributed by atoms with van der Waals surface area (Å²) in [6.07, 6.45) is 4.83. The number of nitrogens with one attached hydrogen (secondary N) is 1. The fourth-order valence-electron chi connectivity index (χ4n) is 3.50. The van der Waals surface area contributed by atoms with E-state index in [9.17, 15) is 4.79 Å². The SMILES string of the molecule is NC(=O)c1ccccc1N1CCC(NCc2cccc3nccn23)C1. The Morgan fingerprint density at radius 2 is 2.12 bits per heavy atom. The lowest BCUT2D eigenvalue weighted by molar-refractivity contribution is 0.100. The minimum Gasteiger partial charge on any atom is -0.369 e. The molecule has 3 heterocycles. The minimum atomic E-state index is -0.376. The van der Waals surface area contributed by atoms with E-state index in [1.807, 2.05) is 42.7 Å². The van der Waals surface area contributed by atoms with E-state index in [1.54, 1.807) is 6.07 Å². The van der Waals surface area contributed by atoms with Crippen molar-refractivity contribution in [3.63, 3.8) is 0 Å². The first-order valence-corrected chi connectivity index (χ1v) is 8.50. The number of fused-ring (bicyclic) bond motifs is 1. The van der Waals surface area contributed by atoms with Crippen LogP contribution in [0.25, 0.3) is 5.65 Å². The van der Waals surface area contributed by atoms with Gasteiger partial charge in [0.15, 0.2) is 0 Å². The van der Waals surface area contributed by atoms with Gasteiger partial charge in [0.1, 0.15) is 5.65 Å². The molecule has 1 unspecified atom stereocenters. The number of pyridine rings is 1. The number of amides is 1.